The molecule has 1 atom stereocenters. The Balaban J connectivity index is 1.94. The van der Waals surface area contributed by atoms with Crippen molar-refractivity contribution in [2.75, 3.05) is 10.8 Å². The lowest BCUT2D eigenvalue weighted by molar-refractivity contribution is -0.120. The minimum atomic E-state index is -4.11. The SMILES string of the molecule is CC(C)C[C@H](NC(=O)CN(c1ccc(F)c(Cl)c1)S(=O)(=O)c1ccccc1)c1ccccc1. The second-order valence-corrected chi connectivity index (χ2v) is 10.4. The number of nitrogens with one attached hydrogen (secondary N) is 1. The van der Waals surface area contributed by atoms with Gasteiger partial charge in [-0.3, -0.25) is 9.10 Å². The van der Waals surface area contributed by atoms with Crippen molar-refractivity contribution in [3.05, 3.63) is 95.3 Å². The van der Waals surface area contributed by atoms with Gasteiger partial charge in [-0.2, -0.15) is 0 Å². The number of rotatable bonds is 9. The van der Waals surface area contributed by atoms with Crippen molar-refractivity contribution in [1.82, 2.24) is 5.32 Å². The molecule has 174 valence electrons. The summed E-state index contributed by atoms with van der Waals surface area (Å²) in [7, 11) is -4.11. The number of sulfonamides is 1. The number of halogens is 2. The molecule has 0 fully saturated rings. The summed E-state index contributed by atoms with van der Waals surface area (Å²) in [5.41, 5.74) is 1.03. The molecule has 1 amide bonds. The molecule has 3 rings (SSSR count). The van der Waals surface area contributed by atoms with Crippen LogP contribution < -0.4 is 9.62 Å². The summed E-state index contributed by atoms with van der Waals surface area (Å²) in [5.74, 6) is -0.858. The summed E-state index contributed by atoms with van der Waals surface area (Å²) < 4.78 is 41.5. The van der Waals surface area contributed by atoms with Crippen LogP contribution in [-0.4, -0.2) is 20.9 Å². The van der Waals surface area contributed by atoms with E-state index in [2.05, 4.69) is 19.2 Å². The normalized spacial score (nSPS) is 12.4. The topological polar surface area (TPSA) is 66.5 Å². The number of benzene rings is 3. The Hall–Kier alpha value is -2.90. The van der Waals surface area contributed by atoms with E-state index < -0.39 is 28.3 Å². The van der Waals surface area contributed by atoms with Crippen LogP contribution in [0.3, 0.4) is 0 Å². The molecule has 0 aliphatic carbocycles. The molecular weight excluding hydrogens is 463 g/mol. The van der Waals surface area contributed by atoms with Gasteiger partial charge in [0.05, 0.1) is 21.6 Å². The fraction of sp³-hybridized carbons (Fsp3) is 0.240. The standard InChI is InChI=1S/C25H26ClFN2O3S/c1-18(2)15-24(19-9-5-3-6-10-19)28-25(30)17-29(20-13-14-23(27)22(26)16-20)33(31,32)21-11-7-4-8-12-21/h3-14,16,18,24H,15,17H2,1-2H3,(H,28,30)/t24-/m0/s1. The first-order chi connectivity index (χ1) is 15.7. The van der Waals surface area contributed by atoms with Gasteiger partial charge in [0.1, 0.15) is 12.4 Å². The summed E-state index contributed by atoms with van der Waals surface area (Å²) >= 11 is 5.92. The Morgan fingerprint density at radius 1 is 1.00 bits per heavy atom. The number of carbonyl (C=O) groups excluding carboxylic acids is 1. The predicted molar refractivity (Wildman–Crippen MR) is 129 cm³/mol. The summed E-state index contributed by atoms with van der Waals surface area (Å²) in [5, 5.41) is 2.73. The lowest BCUT2D eigenvalue weighted by Crippen LogP contribution is -2.42. The fourth-order valence-electron chi connectivity index (χ4n) is 3.48. The molecule has 0 radical (unpaired) electrons. The minimum Gasteiger partial charge on any atom is -0.348 e. The zero-order valence-corrected chi connectivity index (χ0v) is 20.0. The first-order valence-corrected chi connectivity index (χ1v) is 12.4. The lowest BCUT2D eigenvalue weighted by atomic mass is 9.97. The predicted octanol–water partition coefficient (Wildman–Crippen LogP) is 5.58. The maximum Gasteiger partial charge on any atom is 0.264 e. The van der Waals surface area contributed by atoms with Crippen LogP contribution in [-0.2, 0) is 14.8 Å². The third-order valence-corrected chi connectivity index (χ3v) is 7.13. The molecule has 3 aromatic carbocycles. The van der Waals surface area contributed by atoms with Crippen molar-refractivity contribution in [3.8, 4) is 0 Å². The van der Waals surface area contributed by atoms with Crippen LogP contribution in [0.1, 0.15) is 31.9 Å². The highest BCUT2D eigenvalue weighted by Gasteiger charge is 2.28. The average Bonchev–Trinajstić information content (AvgIpc) is 2.80. The summed E-state index contributed by atoms with van der Waals surface area (Å²) in [6.07, 6.45) is 0.684. The van der Waals surface area contributed by atoms with Crippen LogP contribution in [0.15, 0.2) is 83.8 Å². The van der Waals surface area contributed by atoms with Gasteiger partial charge in [0.2, 0.25) is 5.91 Å². The van der Waals surface area contributed by atoms with Gasteiger partial charge >= 0.3 is 0 Å². The Labute approximate surface area is 199 Å². The van der Waals surface area contributed by atoms with E-state index in [1.54, 1.807) is 18.2 Å². The number of hydrogen-bond donors (Lipinski definition) is 1. The highest BCUT2D eigenvalue weighted by Crippen LogP contribution is 2.28. The van der Waals surface area contributed by atoms with Crippen LogP contribution in [0.25, 0.3) is 0 Å². The summed E-state index contributed by atoms with van der Waals surface area (Å²) in [4.78, 5) is 13.1. The molecule has 5 nitrogen and oxygen atoms in total. The van der Waals surface area contributed by atoms with Gasteiger partial charge in [0.25, 0.3) is 10.0 Å². The second kappa shape index (κ2) is 10.8. The van der Waals surface area contributed by atoms with E-state index >= 15 is 0 Å². The van der Waals surface area contributed by atoms with Gasteiger partial charge in [-0.15, -0.1) is 0 Å². The van der Waals surface area contributed by atoms with Gasteiger partial charge in [0, 0.05) is 0 Å². The molecule has 0 unspecified atom stereocenters. The van der Waals surface area contributed by atoms with E-state index in [0.717, 1.165) is 15.9 Å². The van der Waals surface area contributed by atoms with E-state index in [0.29, 0.717) is 12.3 Å². The molecule has 33 heavy (non-hydrogen) atoms. The van der Waals surface area contributed by atoms with Crippen molar-refractivity contribution in [2.45, 2.75) is 31.2 Å². The summed E-state index contributed by atoms with van der Waals surface area (Å²) in [6, 6.07) is 20.6. The molecule has 0 aliphatic rings. The van der Waals surface area contributed by atoms with E-state index in [4.69, 9.17) is 11.6 Å². The first kappa shape index (κ1) is 24.7. The van der Waals surface area contributed by atoms with Crippen LogP contribution in [0.2, 0.25) is 5.02 Å². The molecule has 0 aliphatic heterocycles. The molecule has 0 bridgehead atoms. The largest absolute Gasteiger partial charge is 0.348 e. The minimum absolute atomic E-state index is 0.0139. The maximum absolute atomic E-state index is 13.7. The molecule has 1 N–H and O–H groups in total. The Morgan fingerprint density at radius 3 is 2.18 bits per heavy atom. The van der Waals surface area contributed by atoms with E-state index in [1.165, 1.54) is 24.3 Å². The molecule has 0 aromatic heterocycles. The van der Waals surface area contributed by atoms with Crippen LogP contribution in [0.4, 0.5) is 10.1 Å². The van der Waals surface area contributed by atoms with Gasteiger partial charge in [0.15, 0.2) is 0 Å². The van der Waals surface area contributed by atoms with Crippen molar-refractivity contribution in [2.24, 2.45) is 5.92 Å². The van der Waals surface area contributed by atoms with Gasteiger partial charge in [-0.05, 0) is 48.2 Å². The molecule has 0 heterocycles. The fourth-order valence-corrected chi connectivity index (χ4v) is 5.09. The number of anilines is 1. The third kappa shape index (κ3) is 6.33. The maximum atomic E-state index is 13.7. The lowest BCUT2D eigenvalue weighted by Gasteiger charge is -2.26. The van der Waals surface area contributed by atoms with Crippen molar-refractivity contribution < 1.29 is 17.6 Å². The second-order valence-electron chi connectivity index (χ2n) is 8.08. The van der Waals surface area contributed by atoms with Gasteiger partial charge < -0.3 is 5.32 Å². The molecule has 0 saturated heterocycles. The number of hydrogen-bond acceptors (Lipinski definition) is 3. The zero-order chi connectivity index (χ0) is 24.0. The van der Waals surface area contributed by atoms with Crippen LogP contribution >= 0.6 is 11.6 Å². The number of nitrogens with zero attached hydrogens (tertiary/aromatic N) is 1. The quantitative estimate of drug-likeness (QED) is 0.427. The molecular formula is C25H26ClFN2O3S. The summed E-state index contributed by atoms with van der Waals surface area (Å²) in [6.45, 7) is 3.62. The Kier molecular flexibility index (Phi) is 8.10. The van der Waals surface area contributed by atoms with Crippen molar-refractivity contribution in [1.29, 1.82) is 0 Å². The molecule has 3 aromatic rings. The first-order valence-electron chi connectivity index (χ1n) is 10.6. The van der Waals surface area contributed by atoms with Crippen molar-refractivity contribution in [3.63, 3.8) is 0 Å². The Bertz CT molecular complexity index is 1190. The highest BCUT2D eigenvalue weighted by atomic mass is 35.5. The molecule has 0 saturated carbocycles. The van der Waals surface area contributed by atoms with Gasteiger partial charge in [-0.25, -0.2) is 12.8 Å². The average molecular weight is 489 g/mol. The van der Waals surface area contributed by atoms with Crippen LogP contribution in [0, 0.1) is 11.7 Å². The Morgan fingerprint density at radius 2 is 1.61 bits per heavy atom. The van der Waals surface area contributed by atoms with Crippen molar-refractivity contribution >= 4 is 33.2 Å². The number of amides is 1. The smallest absolute Gasteiger partial charge is 0.264 e. The van der Waals surface area contributed by atoms with E-state index in [9.17, 15) is 17.6 Å². The molecule has 8 heteroatoms. The zero-order valence-electron chi connectivity index (χ0n) is 18.4. The third-order valence-electron chi connectivity index (χ3n) is 5.05. The number of carbonyl (C=O) groups is 1. The molecule has 0 spiro atoms. The van der Waals surface area contributed by atoms with Gasteiger partial charge in [-0.1, -0.05) is 74.0 Å². The monoisotopic (exact) mass is 488 g/mol. The van der Waals surface area contributed by atoms with E-state index in [1.807, 2.05) is 30.3 Å². The van der Waals surface area contributed by atoms with E-state index in [-0.39, 0.29) is 21.6 Å². The van der Waals surface area contributed by atoms with Crippen LogP contribution in [0.5, 0.6) is 0 Å². The highest BCUT2D eigenvalue weighted by molar-refractivity contribution is 7.92.